The van der Waals surface area contributed by atoms with E-state index in [0.717, 1.165) is 27.4 Å². The molecule has 144 valence electrons. The molecule has 0 aliphatic carbocycles. The molecule has 5 rings (SSSR count). The van der Waals surface area contributed by atoms with E-state index < -0.39 is 5.63 Å². The summed E-state index contributed by atoms with van der Waals surface area (Å²) in [6.07, 6.45) is 4.69. The largest absolute Gasteiger partial charge is 0.422 e. The quantitative estimate of drug-likeness (QED) is 0.485. The Bertz CT molecular complexity index is 1350. The molecule has 5 nitrogen and oxygen atoms in total. The molecular weight excluding hydrogens is 388 g/mol. The van der Waals surface area contributed by atoms with Gasteiger partial charge in [0.1, 0.15) is 11.1 Å². The molecule has 1 N–H and O–H groups in total. The van der Waals surface area contributed by atoms with Gasteiger partial charge >= 0.3 is 5.63 Å². The van der Waals surface area contributed by atoms with Crippen LogP contribution < -0.4 is 5.63 Å². The molecule has 1 aliphatic heterocycles. The summed E-state index contributed by atoms with van der Waals surface area (Å²) in [6.45, 7) is 0.970. The lowest BCUT2D eigenvalue weighted by Gasteiger charge is -2.26. The number of H-pyrrole nitrogens is 1. The second-order valence-electron chi connectivity index (χ2n) is 7.08. The van der Waals surface area contributed by atoms with Crippen molar-refractivity contribution in [1.29, 1.82) is 0 Å². The summed E-state index contributed by atoms with van der Waals surface area (Å²) in [5.74, 6) is -0.304. The van der Waals surface area contributed by atoms with Crippen molar-refractivity contribution in [3.8, 4) is 0 Å². The molecule has 0 bridgehead atoms. The van der Waals surface area contributed by atoms with Gasteiger partial charge < -0.3 is 14.3 Å². The predicted octanol–water partition coefficient (Wildman–Crippen LogP) is 4.86. The van der Waals surface area contributed by atoms with Crippen LogP contribution in [0, 0.1) is 0 Å². The van der Waals surface area contributed by atoms with Crippen molar-refractivity contribution < 1.29 is 9.21 Å². The molecule has 29 heavy (non-hydrogen) atoms. The molecule has 2 aromatic carbocycles. The van der Waals surface area contributed by atoms with E-state index >= 15 is 0 Å². The number of para-hydroxylation sites is 2. The van der Waals surface area contributed by atoms with Crippen molar-refractivity contribution >= 4 is 45.0 Å². The van der Waals surface area contributed by atoms with Crippen LogP contribution in [0.5, 0.6) is 0 Å². The van der Waals surface area contributed by atoms with E-state index in [1.54, 1.807) is 23.1 Å². The Balaban J connectivity index is 1.43. The van der Waals surface area contributed by atoms with Gasteiger partial charge in [0.15, 0.2) is 0 Å². The number of nitrogens with one attached hydrogen (secondary N) is 1. The number of aromatic nitrogens is 1. The first-order valence-corrected chi connectivity index (χ1v) is 9.77. The Morgan fingerprint density at radius 3 is 2.83 bits per heavy atom. The van der Waals surface area contributed by atoms with Crippen molar-refractivity contribution in [2.24, 2.45) is 0 Å². The van der Waals surface area contributed by atoms with Crippen LogP contribution in [0.2, 0.25) is 5.02 Å². The molecule has 0 atom stereocenters. The Morgan fingerprint density at radius 2 is 2.00 bits per heavy atom. The van der Waals surface area contributed by atoms with Gasteiger partial charge in [0.05, 0.1) is 10.5 Å². The van der Waals surface area contributed by atoms with Crippen LogP contribution in [0.25, 0.3) is 27.4 Å². The number of halogens is 1. The fourth-order valence-corrected chi connectivity index (χ4v) is 4.09. The number of carbonyl (C=O) groups is 1. The van der Waals surface area contributed by atoms with Gasteiger partial charge in [0, 0.05) is 35.6 Å². The van der Waals surface area contributed by atoms with Gasteiger partial charge in [-0.05, 0) is 30.2 Å². The van der Waals surface area contributed by atoms with Gasteiger partial charge in [-0.1, -0.05) is 48.0 Å². The van der Waals surface area contributed by atoms with Crippen LogP contribution in [0.15, 0.2) is 70.0 Å². The number of amides is 1. The summed E-state index contributed by atoms with van der Waals surface area (Å²) in [4.78, 5) is 30.1. The van der Waals surface area contributed by atoms with Crippen molar-refractivity contribution in [3.05, 3.63) is 87.4 Å². The topological polar surface area (TPSA) is 66.3 Å². The average Bonchev–Trinajstić information content (AvgIpc) is 3.18. The summed E-state index contributed by atoms with van der Waals surface area (Å²) in [7, 11) is 0. The molecular formula is C23H17ClN2O3. The molecule has 0 unspecified atom stereocenters. The van der Waals surface area contributed by atoms with E-state index in [4.69, 9.17) is 16.0 Å². The Labute approximate surface area is 171 Å². The summed E-state index contributed by atoms with van der Waals surface area (Å²) in [5, 5.41) is 2.49. The molecule has 0 radical (unpaired) electrons. The highest BCUT2D eigenvalue weighted by molar-refractivity contribution is 6.35. The molecule has 0 saturated heterocycles. The second kappa shape index (κ2) is 6.94. The van der Waals surface area contributed by atoms with Crippen molar-refractivity contribution in [3.63, 3.8) is 0 Å². The minimum absolute atomic E-state index is 0.0689. The van der Waals surface area contributed by atoms with Crippen molar-refractivity contribution in [2.75, 3.05) is 13.1 Å². The number of hydrogen-bond donors (Lipinski definition) is 1. The van der Waals surface area contributed by atoms with Crippen LogP contribution in [0.3, 0.4) is 0 Å². The van der Waals surface area contributed by atoms with Gasteiger partial charge in [-0.15, -0.1) is 0 Å². The van der Waals surface area contributed by atoms with Gasteiger partial charge in [0.2, 0.25) is 0 Å². The zero-order chi connectivity index (χ0) is 20.0. The normalized spacial score (nSPS) is 14.4. The van der Waals surface area contributed by atoms with Crippen LogP contribution in [-0.2, 0) is 0 Å². The Morgan fingerprint density at radius 1 is 1.14 bits per heavy atom. The van der Waals surface area contributed by atoms with Crippen LogP contribution in [0.1, 0.15) is 22.3 Å². The van der Waals surface area contributed by atoms with Gasteiger partial charge in [-0.25, -0.2) is 4.79 Å². The fraction of sp³-hybridized carbons (Fsp3) is 0.130. The lowest BCUT2D eigenvalue weighted by Crippen LogP contribution is -2.37. The number of carbonyl (C=O) groups excluding carboxylic acids is 1. The zero-order valence-corrected chi connectivity index (χ0v) is 16.2. The highest BCUT2D eigenvalue weighted by Crippen LogP contribution is 2.32. The van der Waals surface area contributed by atoms with Gasteiger partial charge in [-0.2, -0.15) is 0 Å². The van der Waals surface area contributed by atoms with Crippen LogP contribution in [0.4, 0.5) is 0 Å². The van der Waals surface area contributed by atoms with Crippen LogP contribution >= 0.6 is 11.6 Å². The smallest absolute Gasteiger partial charge is 0.349 e. The zero-order valence-electron chi connectivity index (χ0n) is 15.4. The van der Waals surface area contributed by atoms with Gasteiger partial charge in [-0.3, -0.25) is 4.79 Å². The monoisotopic (exact) mass is 404 g/mol. The SMILES string of the molecule is O=C(c1cc2ccccc2oc1=O)N1CC=C(c2c[nH]c3c(Cl)cccc23)CC1. The Kier molecular flexibility index (Phi) is 4.25. The van der Waals surface area contributed by atoms with Gasteiger partial charge in [0.25, 0.3) is 5.91 Å². The maximum Gasteiger partial charge on any atom is 0.349 e. The molecule has 1 aliphatic rings. The van der Waals surface area contributed by atoms with E-state index in [0.29, 0.717) is 30.1 Å². The fourth-order valence-electron chi connectivity index (χ4n) is 3.86. The molecule has 4 aromatic rings. The third-order valence-electron chi connectivity index (χ3n) is 5.38. The summed E-state index contributed by atoms with van der Waals surface area (Å²) in [5.41, 5.74) is 3.12. The van der Waals surface area contributed by atoms with E-state index in [2.05, 4.69) is 4.98 Å². The lowest BCUT2D eigenvalue weighted by atomic mass is 9.98. The van der Waals surface area contributed by atoms with E-state index in [1.807, 2.05) is 42.6 Å². The number of benzene rings is 2. The highest BCUT2D eigenvalue weighted by atomic mass is 35.5. The number of rotatable bonds is 2. The first-order chi connectivity index (χ1) is 14.1. The number of aromatic amines is 1. The molecule has 0 fully saturated rings. The molecule has 1 amide bonds. The standard InChI is InChI=1S/C23H17ClN2O3/c24-19-6-3-5-16-18(13-25-21(16)19)14-8-10-26(11-9-14)22(27)17-12-15-4-1-2-7-20(15)29-23(17)28/h1-8,12-13,25H,9-11H2. The van der Waals surface area contributed by atoms with Crippen molar-refractivity contribution in [2.45, 2.75) is 6.42 Å². The first kappa shape index (κ1) is 17.8. The summed E-state index contributed by atoms with van der Waals surface area (Å²) >= 11 is 6.26. The Hall–Kier alpha value is -3.31. The minimum atomic E-state index is -0.602. The first-order valence-electron chi connectivity index (χ1n) is 9.39. The molecule has 0 saturated carbocycles. The van der Waals surface area contributed by atoms with E-state index in [-0.39, 0.29) is 11.5 Å². The molecule has 2 aromatic heterocycles. The maximum absolute atomic E-state index is 12.9. The van der Waals surface area contributed by atoms with E-state index in [1.165, 1.54) is 0 Å². The van der Waals surface area contributed by atoms with Crippen molar-refractivity contribution in [1.82, 2.24) is 9.88 Å². The highest BCUT2D eigenvalue weighted by Gasteiger charge is 2.23. The third kappa shape index (κ3) is 3.04. The number of nitrogens with zero attached hydrogens (tertiary/aromatic N) is 1. The average molecular weight is 405 g/mol. The minimum Gasteiger partial charge on any atom is -0.422 e. The number of fused-ring (bicyclic) bond motifs is 2. The summed E-state index contributed by atoms with van der Waals surface area (Å²) in [6, 6.07) is 14.6. The predicted molar refractivity (Wildman–Crippen MR) is 114 cm³/mol. The second-order valence-corrected chi connectivity index (χ2v) is 7.49. The summed E-state index contributed by atoms with van der Waals surface area (Å²) < 4.78 is 5.31. The molecule has 0 spiro atoms. The maximum atomic E-state index is 12.9. The van der Waals surface area contributed by atoms with Crippen LogP contribution in [-0.4, -0.2) is 28.9 Å². The number of hydrogen-bond acceptors (Lipinski definition) is 3. The molecule has 6 heteroatoms. The molecule has 3 heterocycles. The third-order valence-corrected chi connectivity index (χ3v) is 5.69. The lowest BCUT2D eigenvalue weighted by molar-refractivity contribution is 0.0769. The van der Waals surface area contributed by atoms with E-state index in [9.17, 15) is 9.59 Å².